The van der Waals surface area contributed by atoms with Crippen LogP contribution in [0.25, 0.3) is 0 Å². The maximum absolute atomic E-state index is 11.7. The first kappa shape index (κ1) is 16.0. The molecule has 6 heteroatoms. The number of methoxy groups -OCH3 is 2. The zero-order chi connectivity index (χ0) is 16.1. The Balaban J connectivity index is 2.37. The van der Waals surface area contributed by atoms with Gasteiger partial charge in [-0.05, 0) is 30.2 Å². The van der Waals surface area contributed by atoms with E-state index in [1.807, 2.05) is 19.1 Å². The molecule has 2 aromatic rings. The first-order chi connectivity index (χ1) is 10.6. The summed E-state index contributed by atoms with van der Waals surface area (Å²) >= 11 is 0. The number of rotatable bonds is 6. The maximum atomic E-state index is 11.7. The third-order valence-corrected chi connectivity index (χ3v) is 3.41. The minimum atomic E-state index is -0.441. The Morgan fingerprint density at radius 2 is 1.91 bits per heavy atom. The van der Waals surface area contributed by atoms with E-state index in [1.54, 1.807) is 26.4 Å². The second-order valence-electron chi connectivity index (χ2n) is 4.91. The zero-order valence-corrected chi connectivity index (χ0v) is 13.1. The van der Waals surface area contributed by atoms with Crippen LogP contribution in [0.15, 0.2) is 35.1 Å². The first-order valence-corrected chi connectivity index (χ1v) is 7.16. The van der Waals surface area contributed by atoms with Crippen LogP contribution in [-0.2, 0) is 6.54 Å². The van der Waals surface area contributed by atoms with Gasteiger partial charge in [0.25, 0.3) is 5.56 Å². The highest BCUT2D eigenvalue weighted by Crippen LogP contribution is 2.30. The largest absolute Gasteiger partial charge is 0.493 e. The Labute approximate surface area is 129 Å². The number of hydrogen-bond acceptors (Lipinski definition) is 5. The van der Waals surface area contributed by atoms with Gasteiger partial charge in [-0.2, -0.15) is 5.10 Å². The van der Waals surface area contributed by atoms with Crippen molar-refractivity contribution in [1.29, 1.82) is 0 Å². The van der Waals surface area contributed by atoms with Gasteiger partial charge in [-0.3, -0.25) is 4.79 Å². The van der Waals surface area contributed by atoms with Crippen LogP contribution in [0.1, 0.15) is 30.6 Å². The van der Waals surface area contributed by atoms with E-state index in [4.69, 9.17) is 15.2 Å². The predicted octanol–water partition coefficient (Wildman–Crippen LogP) is 1.72. The van der Waals surface area contributed by atoms with Crippen molar-refractivity contribution in [3.05, 3.63) is 51.9 Å². The molecule has 0 spiro atoms. The number of benzene rings is 1. The number of hydrogen-bond donors (Lipinski definition) is 1. The molecule has 1 heterocycles. The molecule has 0 amide bonds. The fourth-order valence-corrected chi connectivity index (χ4v) is 2.22. The van der Waals surface area contributed by atoms with Gasteiger partial charge in [0.15, 0.2) is 11.5 Å². The van der Waals surface area contributed by atoms with Gasteiger partial charge in [0.2, 0.25) is 0 Å². The van der Waals surface area contributed by atoms with Gasteiger partial charge in [-0.1, -0.05) is 13.0 Å². The van der Waals surface area contributed by atoms with Crippen LogP contribution in [0.3, 0.4) is 0 Å². The highest BCUT2D eigenvalue weighted by Gasteiger charge is 2.14. The number of aryl methyl sites for hydroxylation is 1. The molecule has 0 bridgehead atoms. The van der Waals surface area contributed by atoms with Crippen molar-refractivity contribution in [2.75, 3.05) is 14.2 Å². The van der Waals surface area contributed by atoms with Gasteiger partial charge in [0.05, 0.1) is 26.0 Å². The van der Waals surface area contributed by atoms with E-state index in [1.165, 1.54) is 10.7 Å². The number of ether oxygens (including phenoxy) is 2. The van der Waals surface area contributed by atoms with Crippen LogP contribution in [0, 0.1) is 0 Å². The average Bonchev–Trinajstić information content (AvgIpc) is 2.55. The van der Waals surface area contributed by atoms with E-state index in [0.29, 0.717) is 23.7 Å². The van der Waals surface area contributed by atoms with Gasteiger partial charge in [-0.15, -0.1) is 0 Å². The van der Waals surface area contributed by atoms with Crippen molar-refractivity contribution in [2.24, 2.45) is 5.73 Å². The number of nitrogens with zero attached hydrogens (tertiary/aromatic N) is 2. The van der Waals surface area contributed by atoms with E-state index < -0.39 is 6.04 Å². The minimum absolute atomic E-state index is 0.120. The summed E-state index contributed by atoms with van der Waals surface area (Å²) in [7, 11) is 3.16. The lowest BCUT2D eigenvalue weighted by Gasteiger charge is -2.15. The third kappa shape index (κ3) is 3.28. The normalized spacial score (nSPS) is 12.0. The summed E-state index contributed by atoms with van der Waals surface area (Å²) in [5.41, 5.74) is 7.63. The molecule has 1 atom stereocenters. The summed E-state index contributed by atoms with van der Waals surface area (Å²) in [6.45, 7) is 2.57. The second kappa shape index (κ2) is 7.09. The van der Waals surface area contributed by atoms with E-state index in [2.05, 4.69) is 5.10 Å². The Kier molecular flexibility index (Phi) is 5.16. The fourth-order valence-electron chi connectivity index (χ4n) is 2.22. The quantitative estimate of drug-likeness (QED) is 0.879. The Morgan fingerprint density at radius 1 is 1.18 bits per heavy atom. The molecular weight excluding hydrogens is 282 g/mol. The fraction of sp³-hybridized carbons (Fsp3) is 0.375. The maximum Gasteiger partial charge on any atom is 0.266 e. The van der Waals surface area contributed by atoms with Crippen LogP contribution >= 0.6 is 0 Å². The molecule has 6 nitrogen and oxygen atoms in total. The van der Waals surface area contributed by atoms with E-state index in [0.717, 1.165) is 12.0 Å². The lowest BCUT2D eigenvalue weighted by Crippen LogP contribution is -2.25. The molecular formula is C16H21N3O3. The molecule has 0 radical (unpaired) electrons. The van der Waals surface area contributed by atoms with E-state index >= 15 is 0 Å². The minimum Gasteiger partial charge on any atom is -0.493 e. The van der Waals surface area contributed by atoms with Gasteiger partial charge in [0.1, 0.15) is 0 Å². The van der Waals surface area contributed by atoms with Crippen LogP contribution < -0.4 is 20.8 Å². The molecule has 22 heavy (non-hydrogen) atoms. The lowest BCUT2D eigenvalue weighted by molar-refractivity contribution is 0.354. The van der Waals surface area contributed by atoms with Crippen molar-refractivity contribution < 1.29 is 9.47 Å². The Hall–Kier alpha value is -2.34. The summed E-state index contributed by atoms with van der Waals surface area (Å²) in [5, 5.41) is 4.34. The predicted molar refractivity (Wildman–Crippen MR) is 84.4 cm³/mol. The Bertz CT molecular complexity index is 697. The van der Waals surface area contributed by atoms with Gasteiger partial charge >= 0.3 is 0 Å². The summed E-state index contributed by atoms with van der Waals surface area (Å²) in [5.74, 6) is 1.25. The molecule has 1 aromatic heterocycles. The molecule has 0 aliphatic carbocycles. The molecule has 0 aliphatic rings. The number of aromatic nitrogens is 2. The highest BCUT2D eigenvalue weighted by molar-refractivity contribution is 5.45. The van der Waals surface area contributed by atoms with Crippen LogP contribution in [0.2, 0.25) is 0 Å². The molecule has 1 unspecified atom stereocenters. The Morgan fingerprint density at radius 3 is 2.55 bits per heavy atom. The van der Waals surface area contributed by atoms with Gasteiger partial charge < -0.3 is 15.2 Å². The van der Waals surface area contributed by atoms with Crippen molar-refractivity contribution in [1.82, 2.24) is 9.78 Å². The second-order valence-corrected chi connectivity index (χ2v) is 4.91. The van der Waals surface area contributed by atoms with Crippen molar-refractivity contribution in [2.45, 2.75) is 25.9 Å². The molecule has 0 saturated heterocycles. The van der Waals surface area contributed by atoms with Crippen molar-refractivity contribution >= 4 is 0 Å². The summed E-state index contributed by atoms with van der Waals surface area (Å²) in [4.78, 5) is 11.7. The van der Waals surface area contributed by atoms with Crippen LogP contribution in [0.4, 0.5) is 0 Å². The molecule has 2 rings (SSSR count). The van der Waals surface area contributed by atoms with Crippen LogP contribution in [0.5, 0.6) is 11.5 Å². The van der Waals surface area contributed by atoms with E-state index in [-0.39, 0.29) is 5.56 Å². The van der Waals surface area contributed by atoms with E-state index in [9.17, 15) is 4.79 Å². The number of nitrogens with two attached hydrogens (primary N) is 1. The SMILES string of the molecule is CCCn1nc(C(N)c2ccc(OC)c(OC)c2)ccc1=O. The highest BCUT2D eigenvalue weighted by atomic mass is 16.5. The summed E-state index contributed by atoms with van der Waals surface area (Å²) in [6, 6.07) is 8.21. The molecule has 0 aliphatic heterocycles. The summed E-state index contributed by atoms with van der Waals surface area (Å²) < 4.78 is 11.9. The standard InChI is InChI=1S/C16H21N3O3/c1-4-9-19-15(20)8-6-12(18-19)16(17)11-5-7-13(21-2)14(10-11)22-3/h5-8,10,16H,4,9,17H2,1-3H3. The zero-order valence-electron chi connectivity index (χ0n) is 13.1. The smallest absolute Gasteiger partial charge is 0.266 e. The molecule has 118 valence electrons. The first-order valence-electron chi connectivity index (χ1n) is 7.16. The lowest BCUT2D eigenvalue weighted by atomic mass is 10.0. The molecule has 1 aromatic carbocycles. The molecule has 2 N–H and O–H groups in total. The molecule has 0 saturated carbocycles. The third-order valence-electron chi connectivity index (χ3n) is 3.41. The topological polar surface area (TPSA) is 79.4 Å². The van der Waals surface area contributed by atoms with Gasteiger partial charge in [0, 0.05) is 12.6 Å². The van der Waals surface area contributed by atoms with Gasteiger partial charge in [-0.25, -0.2) is 4.68 Å². The molecule has 0 fully saturated rings. The monoisotopic (exact) mass is 303 g/mol. The average molecular weight is 303 g/mol. The van der Waals surface area contributed by atoms with Crippen LogP contribution in [-0.4, -0.2) is 24.0 Å². The van der Waals surface area contributed by atoms with Crippen molar-refractivity contribution in [3.8, 4) is 11.5 Å². The summed E-state index contributed by atoms with van der Waals surface area (Å²) in [6.07, 6.45) is 0.835. The van der Waals surface area contributed by atoms with Crippen molar-refractivity contribution in [3.63, 3.8) is 0 Å².